The normalized spacial score (nSPS) is 10.6. The van der Waals surface area contributed by atoms with Crippen molar-refractivity contribution >= 4 is 17.3 Å². The number of thiocarbonyl (C=S) groups is 1. The lowest BCUT2D eigenvalue weighted by atomic mass is 10.4. The Hall–Kier alpha value is -1.14. The second-order valence-corrected chi connectivity index (χ2v) is 4.87. The minimum atomic E-state index is 0.745. The Labute approximate surface area is 115 Å². The zero-order valence-electron chi connectivity index (χ0n) is 11.2. The quantitative estimate of drug-likeness (QED) is 0.537. The van der Waals surface area contributed by atoms with Crippen molar-refractivity contribution in [3.05, 3.63) is 18.5 Å². The largest absolute Gasteiger partial charge is 0.363 e. The molecule has 0 radical (unpaired) electrons. The van der Waals surface area contributed by atoms with E-state index < -0.39 is 0 Å². The van der Waals surface area contributed by atoms with Crippen molar-refractivity contribution in [1.29, 1.82) is 0 Å². The molecule has 18 heavy (non-hydrogen) atoms. The minimum absolute atomic E-state index is 0.745. The molecule has 0 unspecified atom stereocenters. The van der Waals surface area contributed by atoms with E-state index in [0.717, 1.165) is 44.1 Å². The zero-order valence-corrected chi connectivity index (χ0v) is 12.0. The molecule has 0 fully saturated rings. The third-order valence-corrected chi connectivity index (χ3v) is 2.77. The van der Waals surface area contributed by atoms with Gasteiger partial charge in [-0.25, -0.2) is 0 Å². The molecule has 1 aromatic rings. The molecule has 1 aromatic heterocycles. The van der Waals surface area contributed by atoms with Crippen molar-refractivity contribution in [1.82, 2.24) is 25.3 Å². The van der Waals surface area contributed by atoms with E-state index in [-0.39, 0.29) is 0 Å². The van der Waals surface area contributed by atoms with Crippen molar-refractivity contribution in [3.8, 4) is 0 Å². The molecule has 5 nitrogen and oxygen atoms in total. The van der Waals surface area contributed by atoms with Gasteiger partial charge in [-0.3, -0.25) is 4.68 Å². The van der Waals surface area contributed by atoms with Crippen molar-refractivity contribution in [2.75, 3.05) is 33.7 Å². The molecular weight excluding hydrogens is 246 g/mol. The van der Waals surface area contributed by atoms with Gasteiger partial charge < -0.3 is 15.5 Å². The predicted octanol–water partition coefficient (Wildman–Crippen LogP) is 0.689. The van der Waals surface area contributed by atoms with Crippen LogP contribution in [-0.4, -0.2) is 53.5 Å². The van der Waals surface area contributed by atoms with Crippen molar-refractivity contribution < 1.29 is 0 Å². The Morgan fingerprint density at radius 3 is 2.61 bits per heavy atom. The molecule has 0 saturated carbocycles. The first kappa shape index (κ1) is 14.9. The molecule has 0 spiro atoms. The lowest BCUT2D eigenvalue weighted by Crippen LogP contribution is -2.37. The molecule has 0 atom stereocenters. The number of nitrogens with zero attached hydrogens (tertiary/aromatic N) is 3. The highest BCUT2D eigenvalue weighted by Crippen LogP contribution is 1.88. The number of rotatable bonds is 8. The number of hydrogen-bond donors (Lipinski definition) is 2. The van der Waals surface area contributed by atoms with E-state index in [1.807, 2.05) is 16.9 Å². The summed E-state index contributed by atoms with van der Waals surface area (Å²) >= 11 is 5.19. The fraction of sp³-hybridized carbons (Fsp3) is 0.667. The maximum Gasteiger partial charge on any atom is 0.166 e. The van der Waals surface area contributed by atoms with Gasteiger partial charge in [0.15, 0.2) is 5.11 Å². The molecule has 0 aliphatic rings. The highest BCUT2D eigenvalue weighted by atomic mass is 32.1. The maximum atomic E-state index is 5.19. The maximum absolute atomic E-state index is 5.19. The summed E-state index contributed by atoms with van der Waals surface area (Å²) in [5.74, 6) is 0. The van der Waals surface area contributed by atoms with Crippen LogP contribution in [0.5, 0.6) is 0 Å². The Kier molecular flexibility index (Phi) is 7.36. The van der Waals surface area contributed by atoms with E-state index in [4.69, 9.17) is 12.2 Å². The number of aromatic nitrogens is 2. The summed E-state index contributed by atoms with van der Waals surface area (Å²) in [5, 5.41) is 11.3. The van der Waals surface area contributed by atoms with Gasteiger partial charge in [0, 0.05) is 32.0 Å². The number of aryl methyl sites for hydroxylation is 1. The SMILES string of the molecule is CN(C)CCCNC(=S)NCCCn1cccn1. The second kappa shape index (κ2) is 8.88. The molecule has 0 aromatic carbocycles. The van der Waals surface area contributed by atoms with Crippen molar-refractivity contribution in [2.45, 2.75) is 19.4 Å². The summed E-state index contributed by atoms with van der Waals surface area (Å²) in [6.07, 6.45) is 5.88. The first-order chi connectivity index (χ1) is 8.68. The van der Waals surface area contributed by atoms with Gasteiger partial charge in [-0.2, -0.15) is 5.10 Å². The van der Waals surface area contributed by atoms with Gasteiger partial charge in [0.25, 0.3) is 0 Å². The van der Waals surface area contributed by atoms with Crippen LogP contribution in [-0.2, 0) is 6.54 Å². The van der Waals surface area contributed by atoms with Crippen LogP contribution in [0.2, 0.25) is 0 Å². The Morgan fingerprint density at radius 2 is 2.00 bits per heavy atom. The fourth-order valence-electron chi connectivity index (χ4n) is 1.54. The molecule has 0 aliphatic carbocycles. The molecule has 2 N–H and O–H groups in total. The molecular formula is C12H23N5S. The van der Waals surface area contributed by atoms with Crippen LogP contribution in [0, 0.1) is 0 Å². The molecule has 1 rings (SSSR count). The summed E-state index contributed by atoms with van der Waals surface area (Å²) in [6, 6.07) is 1.93. The monoisotopic (exact) mass is 269 g/mol. The number of nitrogens with one attached hydrogen (secondary N) is 2. The average Bonchev–Trinajstić information content (AvgIpc) is 2.83. The highest BCUT2D eigenvalue weighted by molar-refractivity contribution is 7.80. The van der Waals surface area contributed by atoms with E-state index in [0.29, 0.717) is 0 Å². The van der Waals surface area contributed by atoms with Gasteiger partial charge in [-0.15, -0.1) is 0 Å². The third-order valence-electron chi connectivity index (χ3n) is 2.48. The fourth-order valence-corrected chi connectivity index (χ4v) is 1.74. The zero-order chi connectivity index (χ0) is 13.2. The van der Waals surface area contributed by atoms with E-state index in [2.05, 4.69) is 34.7 Å². The topological polar surface area (TPSA) is 45.1 Å². The Morgan fingerprint density at radius 1 is 1.28 bits per heavy atom. The van der Waals surface area contributed by atoms with Gasteiger partial charge in [-0.05, 0) is 51.8 Å². The van der Waals surface area contributed by atoms with E-state index in [9.17, 15) is 0 Å². The van der Waals surface area contributed by atoms with Crippen LogP contribution in [0.25, 0.3) is 0 Å². The van der Waals surface area contributed by atoms with Crippen LogP contribution in [0.1, 0.15) is 12.8 Å². The van der Waals surface area contributed by atoms with Crippen molar-refractivity contribution in [2.24, 2.45) is 0 Å². The van der Waals surface area contributed by atoms with Gasteiger partial charge in [0.05, 0.1) is 0 Å². The van der Waals surface area contributed by atoms with E-state index in [1.165, 1.54) is 0 Å². The molecule has 1 heterocycles. The molecule has 102 valence electrons. The Balaban J connectivity index is 1.93. The van der Waals surface area contributed by atoms with Gasteiger partial charge in [0.2, 0.25) is 0 Å². The standard InChI is InChI=1S/C12H23N5S/c1-16(2)9-3-6-13-12(18)14-7-4-10-17-11-5-8-15-17/h5,8,11H,3-4,6-7,9-10H2,1-2H3,(H2,13,14,18). The lowest BCUT2D eigenvalue weighted by molar-refractivity contribution is 0.400. The first-order valence-electron chi connectivity index (χ1n) is 6.32. The Bertz CT molecular complexity index is 323. The molecule has 0 saturated heterocycles. The van der Waals surface area contributed by atoms with E-state index in [1.54, 1.807) is 6.20 Å². The summed E-state index contributed by atoms with van der Waals surface area (Å²) in [6.45, 7) is 3.79. The van der Waals surface area contributed by atoms with E-state index >= 15 is 0 Å². The smallest absolute Gasteiger partial charge is 0.166 e. The molecule has 0 aliphatic heterocycles. The lowest BCUT2D eigenvalue weighted by Gasteiger charge is -2.12. The average molecular weight is 269 g/mol. The van der Waals surface area contributed by atoms with Crippen LogP contribution < -0.4 is 10.6 Å². The van der Waals surface area contributed by atoms with Crippen LogP contribution >= 0.6 is 12.2 Å². The molecule has 0 amide bonds. The third kappa shape index (κ3) is 7.24. The van der Waals surface area contributed by atoms with Crippen molar-refractivity contribution in [3.63, 3.8) is 0 Å². The summed E-state index contributed by atoms with van der Waals surface area (Å²) < 4.78 is 1.93. The molecule has 6 heteroatoms. The number of hydrogen-bond acceptors (Lipinski definition) is 3. The van der Waals surface area contributed by atoms with Gasteiger partial charge >= 0.3 is 0 Å². The van der Waals surface area contributed by atoms with Crippen LogP contribution in [0.15, 0.2) is 18.5 Å². The van der Waals surface area contributed by atoms with Crippen LogP contribution in [0.4, 0.5) is 0 Å². The minimum Gasteiger partial charge on any atom is -0.363 e. The van der Waals surface area contributed by atoms with Gasteiger partial charge in [-0.1, -0.05) is 0 Å². The second-order valence-electron chi connectivity index (χ2n) is 4.46. The highest BCUT2D eigenvalue weighted by Gasteiger charge is 1.96. The summed E-state index contributed by atoms with van der Waals surface area (Å²) in [4.78, 5) is 2.17. The predicted molar refractivity (Wildman–Crippen MR) is 78.6 cm³/mol. The van der Waals surface area contributed by atoms with Crippen LogP contribution in [0.3, 0.4) is 0 Å². The molecule has 0 bridgehead atoms. The summed E-state index contributed by atoms with van der Waals surface area (Å²) in [5.41, 5.74) is 0. The summed E-state index contributed by atoms with van der Waals surface area (Å²) in [7, 11) is 4.15. The van der Waals surface area contributed by atoms with Gasteiger partial charge in [0.1, 0.15) is 0 Å². The first-order valence-corrected chi connectivity index (χ1v) is 6.73.